The number of hydrogen-bond acceptors (Lipinski definition) is 3. The second-order valence-electron chi connectivity index (χ2n) is 7.31. The molecule has 0 aliphatic rings. The predicted octanol–water partition coefficient (Wildman–Crippen LogP) is 5.23. The van der Waals surface area contributed by atoms with E-state index in [2.05, 4.69) is 5.32 Å². The van der Waals surface area contributed by atoms with Crippen molar-refractivity contribution in [2.24, 2.45) is 0 Å². The average Bonchev–Trinajstić information content (AvgIpc) is 2.73. The van der Waals surface area contributed by atoms with E-state index in [0.717, 1.165) is 11.0 Å². The summed E-state index contributed by atoms with van der Waals surface area (Å²) < 4.78 is 7.49. The van der Waals surface area contributed by atoms with Gasteiger partial charge in [0.1, 0.15) is 12.3 Å². The van der Waals surface area contributed by atoms with Crippen LogP contribution in [0.5, 0.6) is 5.75 Å². The van der Waals surface area contributed by atoms with Gasteiger partial charge in [0.15, 0.2) is 5.43 Å². The largest absolute Gasteiger partial charge is 0.489 e. The molecule has 0 fully saturated rings. The number of hydrogen-bond donors (Lipinski definition) is 1. The predicted molar refractivity (Wildman–Crippen MR) is 122 cm³/mol. The van der Waals surface area contributed by atoms with Crippen molar-refractivity contribution in [3.05, 3.63) is 82.0 Å². The quantitative estimate of drug-likeness (QED) is 0.449. The minimum atomic E-state index is -0.220. The van der Waals surface area contributed by atoms with E-state index in [1.165, 1.54) is 0 Å². The number of pyridine rings is 1. The van der Waals surface area contributed by atoms with Gasteiger partial charge in [-0.25, -0.2) is 0 Å². The van der Waals surface area contributed by atoms with E-state index >= 15 is 0 Å². The second kappa shape index (κ2) is 8.20. The summed E-state index contributed by atoms with van der Waals surface area (Å²) in [6.07, 6.45) is 0.00453. The molecule has 4 rings (SSSR count). The molecule has 0 bridgehead atoms. The van der Waals surface area contributed by atoms with Crippen LogP contribution in [0.4, 0.5) is 5.69 Å². The number of carbonyl (C=O) groups excluding carboxylic acids is 1. The average molecular weight is 421 g/mol. The Balaban J connectivity index is 1.67. The minimum absolute atomic E-state index is 0.00453. The highest BCUT2D eigenvalue weighted by molar-refractivity contribution is 6.32. The van der Waals surface area contributed by atoms with Gasteiger partial charge in [0, 0.05) is 16.5 Å². The summed E-state index contributed by atoms with van der Waals surface area (Å²) >= 11 is 6.27. The van der Waals surface area contributed by atoms with Gasteiger partial charge in [0.05, 0.1) is 22.2 Å². The van der Waals surface area contributed by atoms with Crippen LogP contribution >= 0.6 is 11.6 Å². The van der Waals surface area contributed by atoms with Crippen LogP contribution in [0.1, 0.15) is 13.8 Å². The highest BCUT2D eigenvalue weighted by Gasteiger charge is 2.13. The van der Waals surface area contributed by atoms with Crippen LogP contribution in [-0.2, 0) is 11.3 Å². The Labute approximate surface area is 178 Å². The second-order valence-corrected chi connectivity index (χ2v) is 7.72. The van der Waals surface area contributed by atoms with Gasteiger partial charge in [0.2, 0.25) is 5.91 Å². The molecule has 0 saturated carbocycles. The Morgan fingerprint density at radius 2 is 1.60 bits per heavy atom. The first-order valence-corrected chi connectivity index (χ1v) is 10.1. The molecular formula is C24H21ClN2O3. The van der Waals surface area contributed by atoms with E-state index in [1.807, 2.05) is 54.8 Å². The number of halogens is 1. The Morgan fingerprint density at radius 3 is 2.17 bits per heavy atom. The highest BCUT2D eigenvalue weighted by atomic mass is 35.5. The Bertz CT molecular complexity index is 1250. The third kappa shape index (κ3) is 3.89. The molecule has 0 aliphatic heterocycles. The zero-order chi connectivity index (χ0) is 21.3. The lowest BCUT2D eigenvalue weighted by Gasteiger charge is -2.16. The molecule has 5 nitrogen and oxygen atoms in total. The monoisotopic (exact) mass is 420 g/mol. The van der Waals surface area contributed by atoms with Crippen LogP contribution in [0.3, 0.4) is 0 Å². The fraction of sp³-hybridized carbons (Fsp3) is 0.167. The van der Waals surface area contributed by atoms with Gasteiger partial charge in [-0.15, -0.1) is 0 Å². The van der Waals surface area contributed by atoms with Crippen LogP contribution in [0.2, 0.25) is 5.02 Å². The maximum Gasteiger partial charge on any atom is 0.244 e. The Kier molecular flexibility index (Phi) is 5.46. The van der Waals surface area contributed by atoms with E-state index < -0.39 is 0 Å². The maximum absolute atomic E-state index is 12.8. The Hall–Kier alpha value is -3.31. The number of nitrogens with zero attached hydrogens (tertiary/aromatic N) is 1. The molecule has 152 valence electrons. The number of anilines is 1. The molecule has 1 aromatic heterocycles. The molecule has 3 aromatic carbocycles. The van der Waals surface area contributed by atoms with Gasteiger partial charge in [-0.2, -0.15) is 0 Å². The summed E-state index contributed by atoms with van der Waals surface area (Å²) in [7, 11) is 0. The SMILES string of the molecule is CC(C)Oc1ccc(NC(=O)Cn2c3ccccc3c(=O)c3ccccc32)cc1Cl. The van der Waals surface area contributed by atoms with Crippen LogP contribution < -0.4 is 15.5 Å². The molecule has 30 heavy (non-hydrogen) atoms. The summed E-state index contributed by atoms with van der Waals surface area (Å²) in [5, 5.41) is 4.48. The Morgan fingerprint density at radius 1 is 1.00 bits per heavy atom. The van der Waals surface area contributed by atoms with Crippen molar-refractivity contribution < 1.29 is 9.53 Å². The van der Waals surface area contributed by atoms with Gasteiger partial charge in [-0.1, -0.05) is 35.9 Å². The molecule has 0 aliphatic carbocycles. The van der Waals surface area contributed by atoms with E-state index in [-0.39, 0.29) is 24.0 Å². The zero-order valence-corrected chi connectivity index (χ0v) is 17.4. The van der Waals surface area contributed by atoms with E-state index in [9.17, 15) is 9.59 Å². The fourth-order valence-corrected chi connectivity index (χ4v) is 3.74. The lowest BCUT2D eigenvalue weighted by molar-refractivity contribution is -0.116. The van der Waals surface area contributed by atoms with Gasteiger partial charge in [-0.3, -0.25) is 9.59 Å². The summed E-state index contributed by atoms with van der Waals surface area (Å²) in [5.74, 6) is 0.351. The molecular weight excluding hydrogens is 400 g/mol. The van der Waals surface area contributed by atoms with Crippen LogP contribution in [0.25, 0.3) is 21.8 Å². The molecule has 1 N–H and O–H groups in total. The molecule has 0 spiro atoms. The van der Waals surface area contributed by atoms with Crippen molar-refractivity contribution in [2.75, 3.05) is 5.32 Å². The number of ether oxygens (including phenoxy) is 1. The lowest BCUT2D eigenvalue weighted by atomic mass is 10.1. The van der Waals surface area contributed by atoms with Gasteiger partial charge >= 0.3 is 0 Å². The van der Waals surface area contributed by atoms with E-state index in [0.29, 0.717) is 27.2 Å². The maximum atomic E-state index is 12.8. The van der Waals surface area contributed by atoms with Crippen molar-refractivity contribution >= 4 is 45.0 Å². The van der Waals surface area contributed by atoms with Crippen molar-refractivity contribution in [3.8, 4) is 5.75 Å². The van der Waals surface area contributed by atoms with Crippen molar-refractivity contribution in [2.45, 2.75) is 26.5 Å². The molecule has 0 radical (unpaired) electrons. The molecule has 1 heterocycles. The van der Waals surface area contributed by atoms with Crippen LogP contribution in [0, 0.1) is 0 Å². The topological polar surface area (TPSA) is 60.3 Å². The molecule has 0 saturated heterocycles. The summed E-state index contributed by atoms with van der Waals surface area (Å²) in [4.78, 5) is 25.7. The summed E-state index contributed by atoms with van der Waals surface area (Å²) in [6, 6.07) is 19.8. The number of benzene rings is 3. The third-order valence-corrected chi connectivity index (χ3v) is 5.05. The van der Waals surface area contributed by atoms with E-state index in [1.54, 1.807) is 30.3 Å². The number of nitrogens with one attached hydrogen (secondary N) is 1. The van der Waals surface area contributed by atoms with Crippen LogP contribution in [-0.4, -0.2) is 16.6 Å². The van der Waals surface area contributed by atoms with Gasteiger partial charge in [-0.05, 0) is 56.3 Å². The number of aromatic nitrogens is 1. The third-order valence-electron chi connectivity index (χ3n) is 4.76. The number of amides is 1. The number of rotatable bonds is 5. The first-order valence-electron chi connectivity index (χ1n) is 9.70. The first-order chi connectivity index (χ1) is 14.4. The molecule has 0 unspecified atom stereocenters. The molecule has 1 amide bonds. The summed E-state index contributed by atoms with van der Waals surface area (Å²) in [6.45, 7) is 3.90. The van der Waals surface area contributed by atoms with Crippen molar-refractivity contribution in [3.63, 3.8) is 0 Å². The smallest absolute Gasteiger partial charge is 0.244 e. The number of carbonyl (C=O) groups is 1. The van der Waals surface area contributed by atoms with Crippen molar-refractivity contribution in [1.82, 2.24) is 4.57 Å². The molecule has 0 atom stereocenters. The highest BCUT2D eigenvalue weighted by Crippen LogP contribution is 2.28. The first kappa shape index (κ1) is 20.0. The van der Waals surface area contributed by atoms with Gasteiger partial charge < -0.3 is 14.6 Å². The van der Waals surface area contributed by atoms with Crippen molar-refractivity contribution in [1.29, 1.82) is 0 Å². The zero-order valence-electron chi connectivity index (χ0n) is 16.7. The number of para-hydroxylation sites is 2. The van der Waals surface area contributed by atoms with E-state index in [4.69, 9.17) is 16.3 Å². The molecule has 6 heteroatoms. The molecule has 4 aromatic rings. The normalized spacial score (nSPS) is 11.2. The number of fused-ring (bicyclic) bond motifs is 2. The van der Waals surface area contributed by atoms with Gasteiger partial charge in [0.25, 0.3) is 0 Å². The fourth-order valence-electron chi connectivity index (χ4n) is 3.52. The lowest BCUT2D eigenvalue weighted by Crippen LogP contribution is -2.21. The standard InChI is InChI=1S/C24H21ClN2O3/c1-15(2)30-22-12-11-16(13-19(22)25)26-23(28)14-27-20-9-5-3-7-17(20)24(29)18-8-4-6-10-21(18)27/h3-13,15H,14H2,1-2H3,(H,26,28). The minimum Gasteiger partial charge on any atom is -0.489 e. The van der Waals surface area contributed by atoms with Crippen LogP contribution in [0.15, 0.2) is 71.5 Å². The summed E-state index contributed by atoms with van der Waals surface area (Å²) in [5.41, 5.74) is 1.98.